The van der Waals surface area contributed by atoms with Gasteiger partial charge in [0.2, 0.25) is 0 Å². The minimum Gasteiger partial charge on any atom is -0.462 e. The van der Waals surface area contributed by atoms with E-state index < -0.39 is 32.5 Å². The summed E-state index contributed by atoms with van der Waals surface area (Å²) in [5.41, 5.74) is 5.24. The van der Waals surface area contributed by atoms with Crippen molar-refractivity contribution < 1.29 is 37.6 Å². The molecule has 0 saturated carbocycles. The van der Waals surface area contributed by atoms with E-state index in [1.54, 1.807) is 6.92 Å². The highest BCUT2D eigenvalue weighted by Gasteiger charge is 2.25. The van der Waals surface area contributed by atoms with Crippen LogP contribution in [-0.2, 0) is 32.7 Å². The molecule has 3 N–H and O–H groups in total. The maximum atomic E-state index is 12.2. The van der Waals surface area contributed by atoms with Crippen molar-refractivity contribution in [1.82, 2.24) is 0 Å². The zero-order valence-electron chi connectivity index (χ0n) is 23.1. The van der Waals surface area contributed by atoms with Crippen LogP contribution in [0.3, 0.4) is 0 Å². The van der Waals surface area contributed by atoms with E-state index in [4.69, 9.17) is 19.7 Å². The van der Waals surface area contributed by atoms with Gasteiger partial charge >= 0.3 is 19.8 Å². The van der Waals surface area contributed by atoms with Crippen LogP contribution in [0.4, 0.5) is 0 Å². The Balaban J connectivity index is 4.08. The highest BCUT2D eigenvalue weighted by molar-refractivity contribution is 7.47. The second-order valence-electron chi connectivity index (χ2n) is 8.49. The molecule has 10 heteroatoms. The highest BCUT2D eigenvalue weighted by atomic mass is 31.2. The Morgan fingerprint density at radius 1 is 0.816 bits per heavy atom. The van der Waals surface area contributed by atoms with Crippen molar-refractivity contribution in [2.24, 2.45) is 5.73 Å². The lowest BCUT2D eigenvalue weighted by Crippen LogP contribution is -2.29. The molecular weight excluding hydrogens is 509 g/mol. The fraction of sp³-hybridized carbons (Fsp3) is 0.643. The molecular formula is C28H48NO8P. The molecule has 38 heavy (non-hydrogen) atoms. The molecule has 0 aliphatic carbocycles. The van der Waals surface area contributed by atoms with E-state index in [-0.39, 0.29) is 32.6 Å². The van der Waals surface area contributed by atoms with E-state index in [2.05, 4.69) is 60.1 Å². The predicted molar refractivity (Wildman–Crippen MR) is 150 cm³/mol. The number of carbonyl (C=O) groups is 2. The minimum atomic E-state index is -4.34. The molecule has 0 aliphatic heterocycles. The normalized spacial score (nSPS) is 14.5. The van der Waals surface area contributed by atoms with Crippen LogP contribution in [0.15, 0.2) is 48.6 Å². The number of ether oxygens (including phenoxy) is 2. The molecule has 0 spiro atoms. The number of allylic oxidation sites excluding steroid dienone is 8. The molecule has 2 unspecified atom stereocenters. The number of rotatable bonds is 24. The molecule has 0 rings (SSSR count). The third kappa shape index (κ3) is 24.3. The third-order valence-electron chi connectivity index (χ3n) is 5.03. The first-order valence-corrected chi connectivity index (χ1v) is 15.1. The number of carbonyl (C=O) groups excluding carboxylic acids is 2. The van der Waals surface area contributed by atoms with Gasteiger partial charge in [-0.2, -0.15) is 0 Å². The Hall–Kier alpha value is -2.03. The summed E-state index contributed by atoms with van der Waals surface area (Å²) in [4.78, 5) is 33.2. The van der Waals surface area contributed by atoms with Crippen molar-refractivity contribution in [3.63, 3.8) is 0 Å². The van der Waals surface area contributed by atoms with Crippen LogP contribution >= 0.6 is 7.82 Å². The van der Waals surface area contributed by atoms with Gasteiger partial charge in [-0.15, -0.1) is 0 Å². The minimum absolute atomic E-state index is 0.0455. The lowest BCUT2D eigenvalue weighted by Gasteiger charge is -2.19. The van der Waals surface area contributed by atoms with Gasteiger partial charge in [0.15, 0.2) is 6.10 Å². The summed E-state index contributed by atoms with van der Waals surface area (Å²) < 4.78 is 31.6. The average Bonchev–Trinajstić information content (AvgIpc) is 2.90. The summed E-state index contributed by atoms with van der Waals surface area (Å²) in [7, 11) is -4.34. The van der Waals surface area contributed by atoms with Crippen LogP contribution in [0.25, 0.3) is 0 Å². The number of unbranched alkanes of at least 4 members (excludes halogenated alkanes) is 4. The number of esters is 2. The summed E-state index contributed by atoms with van der Waals surface area (Å²) in [6, 6.07) is 0. The van der Waals surface area contributed by atoms with Crippen molar-refractivity contribution in [2.45, 2.75) is 90.6 Å². The first-order valence-electron chi connectivity index (χ1n) is 13.6. The fourth-order valence-corrected chi connectivity index (χ4v) is 3.78. The lowest BCUT2D eigenvalue weighted by molar-refractivity contribution is -0.161. The van der Waals surface area contributed by atoms with Crippen LogP contribution in [0.1, 0.15) is 84.5 Å². The van der Waals surface area contributed by atoms with Gasteiger partial charge < -0.3 is 20.1 Å². The monoisotopic (exact) mass is 557 g/mol. The second-order valence-corrected chi connectivity index (χ2v) is 9.94. The van der Waals surface area contributed by atoms with Crippen molar-refractivity contribution in [3.05, 3.63) is 48.6 Å². The quantitative estimate of drug-likeness (QED) is 0.0625. The molecule has 9 nitrogen and oxygen atoms in total. The predicted octanol–water partition coefficient (Wildman–Crippen LogP) is 6.09. The van der Waals surface area contributed by atoms with Gasteiger partial charge in [0.05, 0.1) is 13.2 Å². The van der Waals surface area contributed by atoms with E-state index in [1.165, 1.54) is 0 Å². The average molecular weight is 558 g/mol. The zero-order valence-corrected chi connectivity index (χ0v) is 24.0. The molecule has 0 fully saturated rings. The molecule has 218 valence electrons. The lowest BCUT2D eigenvalue weighted by atomic mass is 10.1. The van der Waals surface area contributed by atoms with Gasteiger partial charge in [-0.3, -0.25) is 18.6 Å². The summed E-state index contributed by atoms with van der Waals surface area (Å²) in [6.07, 6.45) is 25.3. The molecule has 0 aromatic rings. The van der Waals surface area contributed by atoms with Crippen LogP contribution in [0.2, 0.25) is 0 Å². The van der Waals surface area contributed by atoms with Crippen molar-refractivity contribution in [1.29, 1.82) is 0 Å². The standard InChI is InChI=1S/C28H48NO8P/c1-3-5-6-7-8-9-10-11-12-13-14-15-16-17-18-19-20-21-28(31)37-26(24-34-27(30)4-2)25-36-38(32,33)35-23-22-29/h5-6,8-9,11-12,14-15,26H,3-4,7,10,13,16-25,29H2,1-2H3,(H,32,33)/b6-5-,9-8-,12-11-,15-14-. The SMILES string of the molecule is CC/C=C\C/C=C\C/C=C\C/C=C\CCCCCCC(=O)OC(COC(=O)CC)COP(=O)(O)OCCN. The second kappa shape index (κ2) is 25.3. The molecule has 0 aliphatic rings. The van der Waals surface area contributed by atoms with Gasteiger partial charge in [-0.25, -0.2) is 4.57 Å². The molecule has 0 aromatic carbocycles. The number of hydrogen-bond donors (Lipinski definition) is 2. The summed E-state index contributed by atoms with van der Waals surface area (Å²) in [5.74, 6) is -0.966. The Bertz CT molecular complexity index is 779. The summed E-state index contributed by atoms with van der Waals surface area (Å²) in [5, 5.41) is 0. The van der Waals surface area contributed by atoms with E-state index >= 15 is 0 Å². The molecule has 2 atom stereocenters. The van der Waals surface area contributed by atoms with Gasteiger partial charge in [0, 0.05) is 19.4 Å². The topological polar surface area (TPSA) is 134 Å². The van der Waals surface area contributed by atoms with Crippen molar-refractivity contribution in [3.8, 4) is 0 Å². The zero-order chi connectivity index (χ0) is 28.3. The van der Waals surface area contributed by atoms with Crippen LogP contribution in [0, 0.1) is 0 Å². The number of hydrogen-bond acceptors (Lipinski definition) is 8. The molecule has 0 radical (unpaired) electrons. The maximum Gasteiger partial charge on any atom is 0.472 e. The van der Waals surface area contributed by atoms with E-state index in [0.717, 1.165) is 51.4 Å². The first kappa shape index (κ1) is 36.0. The van der Waals surface area contributed by atoms with Gasteiger partial charge in [-0.1, -0.05) is 75.3 Å². The molecule has 0 heterocycles. The Morgan fingerprint density at radius 2 is 1.42 bits per heavy atom. The molecule has 0 amide bonds. The molecule has 0 aromatic heterocycles. The molecule has 0 bridgehead atoms. The first-order chi connectivity index (χ1) is 18.3. The number of phosphoric acid groups is 1. The largest absolute Gasteiger partial charge is 0.472 e. The van der Waals surface area contributed by atoms with Gasteiger partial charge in [-0.05, 0) is 44.9 Å². The maximum absolute atomic E-state index is 12.2. The van der Waals surface area contributed by atoms with E-state index in [1.807, 2.05) is 0 Å². The Kier molecular flexibility index (Phi) is 23.9. The fourth-order valence-electron chi connectivity index (χ4n) is 3.01. The van der Waals surface area contributed by atoms with Crippen LogP contribution in [0.5, 0.6) is 0 Å². The van der Waals surface area contributed by atoms with Gasteiger partial charge in [0.1, 0.15) is 6.61 Å². The number of phosphoric ester groups is 1. The smallest absolute Gasteiger partial charge is 0.462 e. The highest BCUT2D eigenvalue weighted by Crippen LogP contribution is 2.43. The van der Waals surface area contributed by atoms with E-state index in [0.29, 0.717) is 6.42 Å². The summed E-state index contributed by atoms with van der Waals surface area (Å²) >= 11 is 0. The summed E-state index contributed by atoms with van der Waals surface area (Å²) in [6.45, 7) is 2.92. The number of nitrogens with two attached hydrogens (primary N) is 1. The van der Waals surface area contributed by atoms with Crippen LogP contribution in [-0.4, -0.2) is 49.3 Å². The Morgan fingerprint density at radius 3 is 2.03 bits per heavy atom. The van der Waals surface area contributed by atoms with Crippen molar-refractivity contribution in [2.75, 3.05) is 26.4 Å². The Labute approximate surface area is 228 Å². The van der Waals surface area contributed by atoms with E-state index in [9.17, 15) is 19.0 Å². The third-order valence-corrected chi connectivity index (χ3v) is 6.02. The van der Waals surface area contributed by atoms with Crippen molar-refractivity contribution >= 4 is 19.8 Å². The van der Waals surface area contributed by atoms with Crippen LogP contribution < -0.4 is 5.73 Å². The molecule has 0 saturated heterocycles. The van der Waals surface area contributed by atoms with Gasteiger partial charge in [0.25, 0.3) is 0 Å².